The van der Waals surface area contributed by atoms with Gasteiger partial charge in [-0.25, -0.2) is 0 Å². The second-order valence-electron chi connectivity index (χ2n) is 3.86. The van der Waals surface area contributed by atoms with Crippen LogP contribution in [0.2, 0.25) is 0 Å². The molecule has 13 heavy (non-hydrogen) atoms. The average Bonchev–Trinajstić information content (AvgIpc) is 2.18. The third kappa shape index (κ3) is 3.95. The van der Waals surface area contributed by atoms with Crippen LogP contribution in [0.25, 0.3) is 0 Å². The zero-order chi connectivity index (χ0) is 9.14. The molecule has 0 aromatic carbocycles. The van der Waals surface area contributed by atoms with Crippen molar-refractivity contribution in [1.29, 1.82) is 0 Å². The van der Waals surface area contributed by atoms with Crippen LogP contribution in [-0.4, -0.2) is 23.9 Å². The predicted molar refractivity (Wildman–Crippen MR) is 48.7 cm³/mol. The van der Waals surface area contributed by atoms with Crippen molar-refractivity contribution in [3.63, 3.8) is 0 Å². The first kappa shape index (κ1) is 14.0. The van der Waals surface area contributed by atoms with E-state index in [0.29, 0.717) is 11.8 Å². The van der Waals surface area contributed by atoms with E-state index in [0.717, 1.165) is 6.42 Å². The van der Waals surface area contributed by atoms with Crippen molar-refractivity contribution >= 4 is 0 Å². The summed E-state index contributed by atoms with van der Waals surface area (Å²) in [5.41, 5.74) is 0. The zero-order valence-electron chi connectivity index (χ0n) is 8.73. The van der Waals surface area contributed by atoms with E-state index in [-0.39, 0.29) is 51.5 Å². The molecular weight excluding hydrogens is 241 g/mol. The van der Waals surface area contributed by atoms with E-state index in [4.69, 9.17) is 9.84 Å². The Bertz CT molecular complexity index is 141. The molecule has 0 aliphatic carbocycles. The summed E-state index contributed by atoms with van der Waals surface area (Å²) in [5.74, 6) is 0.979. The van der Waals surface area contributed by atoms with E-state index in [1.54, 1.807) is 0 Å². The van der Waals surface area contributed by atoms with Crippen LogP contribution in [0, 0.1) is 18.3 Å². The van der Waals surface area contributed by atoms with Gasteiger partial charge < -0.3 is 16.3 Å². The molecule has 0 bridgehead atoms. The SMILES string of the molecule is CC1C[CH-]C(C)C(C)C(CO)O1.[Y]. The van der Waals surface area contributed by atoms with Crippen molar-refractivity contribution in [2.75, 3.05) is 6.61 Å². The fourth-order valence-corrected chi connectivity index (χ4v) is 1.65. The Balaban J connectivity index is 0.00000144. The van der Waals surface area contributed by atoms with Crippen LogP contribution in [0.1, 0.15) is 27.2 Å². The van der Waals surface area contributed by atoms with Crippen molar-refractivity contribution < 1.29 is 42.6 Å². The van der Waals surface area contributed by atoms with Crippen LogP contribution in [0.3, 0.4) is 0 Å². The number of hydrogen-bond donors (Lipinski definition) is 1. The van der Waals surface area contributed by atoms with Gasteiger partial charge in [0.2, 0.25) is 0 Å². The number of rotatable bonds is 1. The second-order valence-corrected chi connectivity index (χ2v) is 3.86. The molecule has 0 aromatic rings. The molecule has 1 rings (SSSR count). The number of ether oxygens (including phenoxy) is 1. The zero-order valence-corrected chi connectivity index (χ0v) is 11.6. The van der Waals surface area contributed by atoms with Gasteiger partial charge in [-0.2, -0.15) is 12.3 Å². The molecule has 1 saturated heterocycles. The number of hydrogen-bond acceptors (Lipinski definition) is 2. The fraction of sp³-hybridized carbons (Fsp3) is 0.900. The summed E-state index contributed by atoms with van der Waals surface area (Å²) in [7, 11) is 0. The quantitative estimate of drug-likeness (QED) is 0.726. The molecule has 1 fully saturated rings. The molecule has 0 aromatic heterocycles. The molecule has 0 amide bonds. The third-order valence-electron chi connectivity index (χ3n) is 2.84. The van der Waals surface area contributed by atoms with E-state index in [9.17, 15) is 0 Å². The Morgan fingerprint density at radius 2 is 2.00 bits per heavy atom. The van der Waals surface area contributed by atoms with Crippen LogP contribution >= 0.6 is 0 Å². The van der Waals surface area contributed by atoms with Gasteiger partial charge in [-0.05, 0) is 12.8 Å². The summed E-state index contributed by atoms with van der Waals surface area (Å²) in [6, 6.07) is 0. The Morgan fingerprint density at radius 1 is 1.38 bits per heavy atom. The second kappa shape index (κ2) is 6.50. The van der Waals surface area contributed by atoms with E-state index < -0.39 is 0 Å². The van der Waals surface area contributed by atoms with E-state index in [2.05, 4.69) is 27.2 Å². The average molecular weight is 260 g/mol. The molecule has 75 valence electrons. The summed E-state index contributed by atoms with van der Waals surface area (Å²) >= 11 is 0. The van der Waals surface area contributed by atoms with Gasteiger partial charge in [0.15, 0.2) is 0 Å². The first-order chi connectivity index (χ1) is 5.65. The minimum atomic E-state index is 0. The Hall–Kier alpha value is 1.02. The number of aliphatic hydroxyl groups is 1. The molecule has 4 atom stereocenters. The molecule has 1 aliphatic rings. The maximum absolute atomic E-state index is 9.08. The molecule has 1 aliphatic heterocycles. The van der Waals surface area contributed by atoms with Crippen LogP contribution in [0.15, 0.2) is 0 Å². The van der Waals surface area contributed by atoms with Crippen LogP contribution < -0.4 is 0 Å². The largest absolute Gasteiger partial charge is 0.394 e. The first-order valence-electron chi connectivity index (χ1n) is 4.74. The molecule has 1 radical (unpaired) electrons. The minimum Gasteiger partial charge on any atom is -0.394 e. The predicted octanol–water partition coefficient (Wildman–Crippen LogP) is 1.63. The van der Waals surface area contributed by atoms with E-state index >= 15 is 0 Å². The van der Waals surface area contributed by atoms with Crippen LogP contribution in [0.5, 0.6) is 0 Å². The third-order valence-corrected chi connectivity index (χ3v) is 2.84. The van der Waals surface area contributed by atoms with Gasteiger partial charge in [0.1, 0.15) is 0 Å². The maximum Gasteiger partial charge on any atom is 0.0811 e. The summed E-state index contributed by atoms with van der Waals surface area (Å²) in [4.78, 5) is 0. The summed E-state index contributed by atoms with van der Waals surface area (Å²) in [6.45, 7) is 6.53. The van der Waals surface area contributed by atoms with Gasteiger partial charge in [0.25, 0.3) is 0 Å². The molecule has 2 nitrogen and oxygen atoms in total. The molecule has 1 N–H and O–H groups in total. The molecule has 3 heteroatoms. The van der Waals surface area contributed by atoms with Crippen molar-refractivity contribution in [3.8, 4) is 0 Å². The van der Waals surface area contributed by atoms with Crippen molar-refractivity contribution in [2.24, 2.45) is 11.8 Å². The summed E-state index contributed by atoms with van der Waals surface area (Å²) < 4.78 is 5.66. The monoisotopic (exact) mass is 260 g/mol. The normalized spacial score (nSPS) is 40.6. The smallest absolute Gasteiger partial charge is 0.0811 e. The molecule has 4 unspecified atom stereocenters. The fourth-order valence-electron chi connectivity index (χ4n) is 1.65. The Labute approximate surface area is 106 Å². The van der Waals surface area contributed by atoms with Crippen LogP contribution in [0.4, 0.5) is 0 Å². The summed E-state index contributed by atoms with van der Waals surface area (Å²) in [5, 5.41) is 9.08. The van der Waals surface area contributed by atoms with E-state index in [1.807, 2.05) is 0 Å². The molecule has 1 heterocycles. The molecular formula is C10H19O2Y-. The van der Waals surface area contributed by atoms with E-state index in [1.165, 1.54) is 0 Å². The molecule has 0 spiro atoms. The van der Waals surface area contributed by atoms with Gasteiger partial charge in [0, 0.05) is 38.8 Å². The Morgan fingerprint density at radius 3 is 2.54 bits per heavy atom. The van der Waals surface area contributed by atoms with Gasteiger partial charge >= 0.3 is 0 Å². The van der Waals surface area contributed by atoms with Crippen molar-refractivity contribution in [2.45, 2.75) is 39.4 Å². The van der Waals surface area contributed by atoms with Crippen molar-refractivity contribution in [3.05, 3.63) is 6.42 Å². The van der Waals surface area contributed by atoms with Gasteiger partial charge in [-0.15, -0.1) is 0 Å². The standard InChI is InChI=1S/C10H19O2.Y/c1-7-4-5-8(2)12-10(6-11)9(7)3;/h4,7-11H,5-6H2,1-3H3;/q-1;. The minimum absolute atomic E-state index is 0. The van der Waals surface area contributed by atoms with Gasteiger partial charge in [-0.1, -0.05) is 13.8 Å². The number of aliphatic hydroxyl groups excluding tert-OH is 1. The van der Waals surface area contributed by atoms with Gasteiger partial charge in [-0.3, -0.25) is 0 Å². The maximum atomic E-state index is 9.08. The Kier molecular flexibility index (Phi) is 7.01. The summed E-state index contributed by atoms with van der Waals surface area (Å²) in [6.07, 6.45) is 3.58. The first-order valence-corrected chi connectivity index (χ1v) is 4.74. The van der Waals surface area contributed by atoms with Gasteiger partial charge in [0.05, 0.1) is 12.7 Å². The van der Waals surface area contributed by atoms with Crippen molar-refractivity contribution in [1.82, 2.24) is 0 Å². The van der Waals surface area contributed by atoms with Crippen LogP contribution in [-0.2, 0) is 37.4 Å². The molecule has 0 saturated carbocycles. The topological polar surface area (TPSA) is 29.5 Å².